The molecule has 14 heteroatoms. The Morgan fingerprint density at radius 3 is 2.35 bits per heavy atom. The zero-order valence-corrected chi connectivity index (χ0v) is 31.3. The van der Waals surface area contributed by atoms with Crippen LogP contribution in [0.3, 0.4) is 0 Å². The Bertz CT molecular complexity index is 1780. The van der Waals surface area contributed by atoms with Gasteiger partial charge >= 0.3 is 6.09 Å². The number of morpholine rings is 1. The van der Waals surface area contributed by atoms with Crippen LogP contribution in [0.4, 0.5) is 10.5 Å². The molecule has 0 aliphatic carbocycles. The lowest BCUT2D eigenvalue weighted by Gasteiger charge is -2.45. The number of hydrogen-bond acceptors (Lipinski definition) is 8. The van der Waals surface area contributed by atoms with Crippen LogP contribution >= 0.6 is 11.6 Å². The summed E-state index contributed by atoms with van der Waals surface area (Å²) in [6.07, 6.45) is 4.47. The Morgan fingerprint density at radius 2 is 1.71 bits per heavy atom. The van der Waals surface area contributed by atoms with Gasteiger partial charge in [-0.15, -0.1) is 13.2 Å². The normalized spacial score (nSPS) is 22.2. The number of anilines is 1. The highest BCUT2D eigenvalue weighted by Gasteiger charge is 2.54. The molecule has 2 aromatic carbocycles. The molecule has 3 heterocycles. The monoisotopic (exact) mass is 742 g/mol. The number of rotatable bonds is 10. The average molecular weight is 743 g/mol. The lowest BCUT2D eigenvalue weighted by Crippen LogP contribution is -2.63. The van der Waals surface area contributed by atoms with Gasteiger partial charge in [0.2, 0.25) is 5.91 Å². The van der Waals surface area contributed by atoms with Crippen LogP contribution in [0.25, 0.3) is 0 Å². The van der Waals surface area contributed by atoms with Crippen molar-refractivity contribution in [2.45, 2.75) is 68.1 Å². The Labute approximate surface area is 305 Å². The van der Waals surface area contributed by atoms with Crippen LogP contribution in [0.5, 0.6) is 5.75 Å². The zero-order chi connectivity index (χ0) is 37.2. The van der Waals surface area contributed by atoms with Gasteiger partial charge in [-0.1, -0.05) is 23.8 Å². The van der Waals surface area contributed by atoms with Crippen molar-refractivity contribution in [2.75, 3.05) is 57.3 Å². The van der Waals surface area contributed by atoms with Crippen LogP contribution in [0, 0.1) is 0 Å². The summed E-state index contributed by atoms with van der Waals surface area (Å²) in [6, 6.07) is 10.7. The molecule has 2 atom stereocenters. The maximum absolute atomic E-state index is 14.4. The Balaban J connectivity index is 1.35. The van der Waals surface area contributed by atoms with Crippen molar-refractivity contribution in [3.05, 3.63) is 78.4 Å². The molecule has 1 spiro atoms. The molecule has 3 aliphatic heterocycles. The fraction of sp³-hybridized carbons (Fsp3) is 0.486. The van der Waals surface area contributed by atoms with E-state index in [0.29, 0.717) is 50.3 Å². The quantitative estimate of drug-likeness (QED) is 0.292. The van der Waals surface area contributed by atoms with E-state index in [1.165, 1.54) is 35.7 Å². The van der Waals surface area contributed by atoms with E-state index in [4.69, 9.17) is 25.8 Å². The van der Waals surface area contributed by atoms with Crippen molar-refractivity contribution in [2.24, 2.45) is 0 Å². The van der Waals surface area contributed by atoms with Gasteiger partial charge in [0.25, 0.3) is 15.9 Å². The number of sulfonamides is 1. The molecule has 0 saturated carbocycles. The summed E-state index contributed by atoms with van der Waals surface area (Å²) in [5.74, 6) is -0.0692. The molecule has 12 nitrogen and oxygen atoms in total. The smallest absolute Gasteiger partial charge is 0.411 e. The third-order valence-corrected chi connectivity index (χ3v) is 11.7. The van der Waals surface area contributed by atoms with Gasteiger partial charge in [-0.2, -0.15) is 0 Å². The lowest BCUT2D eigenvalue weighted by atomic mass is 9.89. The number of likely N-dealkylation sites (tertiary alicyclic amines) is 2. The molecule has 3 amide bonds. The minimum absolute atomic E-state index is 0.00854. The summed E-state index contributed by atoms with van der Waals surface area (Å²) in [7, 11) is -2.61. The number of methoxy groups -OCH3 is 1. The van der Waals surface area contributed by atoms with E-state index in [9.17, 15) is 22.8 Å². The summed E-state index contributed by atoms with van der Waals surface area (Å²) in [5, 5.41) is 0.107. The third kappa shape index (κ3) is 7.75. The predicted molar refractivity (Wildman–Crippen MR) is 195 cm³/mol. The summed E-state index contributed by atoms with van der Waals surface area (Å²) < 4.78 is 46.2. The highest BCUT2D eigenvalue weighted by Crippen LogP contribution is 2.39. The van der Waals surface area contributed by atoms with Crippen molar-refractivity contribution in [3.63, 3.8) is 0 Å². The average Bonchev–Trinajstić information content (AvgIpc) is 3.71. The van der Waals surface area contributed by atoms with E-state index in [2.05, 4.69) is 13.2 Å². The van der Waals surface area contributed by atoms with Crippen LogP contribution in [-0.2, 0) is 24.3 Å². The SMILES string of the molecule is C=CCN(c1ccc(OC)cc1)S(=O)(=O)c1ccc(Cl)c(C(=O)N2CCC3(C2)CN(C(=O)C2(CC=C)CCCN2C(=O)OC(C)(C)C)CCO3)c1. The Morgan fingerprint density at radius 1 is 1.00 bits per heavy atom. The number of carbonyl (C=O) groups excluding carboxylic acids is 3. The number of amides is 3. The molecule has 3 saturated heterocycles. The van der Waals surface area contributed by atoms with E-state index >= 15 is 0 Å². The number of benzene rings is 2. The molecule has 0 N–H and O–H groups in total. The van der Waals surface area contributed by atoms with Gasteiger partial charge in [0.05, 0.1) is 54.5 Å². The van der Waals surface area contributed by atoms with Crippen LogP contribution in [0.15, 0.2) is 72.7 Å². The van der Waals surface area contributed by atoms with Crippen molar-refractivity contribution in [1.29, 1.82) is 0 Å². The van der Waals surface area contributed by atoms with Crippen LogP contribution in [-0.4, -0.2) is 111 Å². The van der Waals surface area contributed by atoms with Crippen molar-refractivity contribution < 1.29 is 37.0 Å². The second kappa shape index (κ2) is 14.9. The maximum atomic E-state index is 14.4. The van der Waals surface area contributed by atoms with Crippen LogP contribution in [0.1, 0.15) is 56.8 Å². The zero-order valence-electron chi connectivity index (χ0n) is 29.7. The summed E-state index contributed by atoms with van der Waals surface area (Å²) in [5.41, 5.74) is -2.26. The first-order chi connectivity index (χ1) is 24.1. The number of nitrogens with zero attached hydrogens (tertiary/aromatic N) is 4. The highest BCUT2D eigenvalue weighted by molar-refractivity contribution is 7.92. The van der Waals surface area contributed by atoms with Crippen LogP contribution in [0.2, 0.25) is 5.02 Å². The molecule has 3 aliphatic rings. The van der Waals surface area contributed by atoms with Gasteiger partial charge in [0, 0.05) is 19.6 Å². The summed E-state index contributed by atoms with van der Waals surface area (Å²) in [6.45, 7) is 14.6. The number of hydrogen-bond donors (Lipinski definition) is 0. The van der Waals surface area contributed by atoms with Crippen molar-refractivity contribution in [3.8, 4) is 5.75 Å². The molecule has 5 rings (SSSR count). The molecule has 0 radical (unpaired) electrons. The maximum Gasteiger partial charge on any atom is 0.411 e. The predicted octanol–water partition coefficient (Wildman–Crippen LogP) is 5.52. The largest absolute Gasteiger partial charge is 0.497 e. The van der Waals surface area contributed by atoms with Gasteiger partial charge in [0.1, 0.15) is 22.5 Å². The molecule has 0 aromatic heterocycles. The fourth-order valence-electron chi connectivity index (χ4n) is 7.13. The third-order valence-electron chi connectivity index (χ3n) is 9.53. The molecule has 2 aromatic rings. The summed E-state index contributed by atoms with van der Waals surface area (Å²) in [4.78, 5) is 46.4. The lowest BCUT2D eigenvalue weighted by molar-refractivity contribution is -0.158. The van der Waals surface area contributed by atoms with Crippen LogP contribution < -0.4 is 9.04 Å². The van der Waals surface area contributed by atoms with E-state index in [1.807, 2.05) is 0 Å². The Hall–Kier alpha value is -4.07. The molecular formula is C37H47ClN4O8S. The number of ether oxygens (including phenoxy) is 3. The van der Waals surface area contributed by atoms with E-state index in [1.54, 1.807) is 65.8 Å². The molecule has 276 valence electrons. The summed E-state index contributed by atoms with van der Waals surface area (Å²) >= 11 is 6.53. The van der Waals surface area contributed by atoms with E-state index < -0.39 is 38.8 Å². The topological polar surface area (TPSA) is 126 Å². The molecule has 3 fully saturated rings. The second-order valence-corrected chi connectivity index (χ2v) is 16.4. The first-order valence-electron chi connectivity index (χ1n) is 17.0. The molecule has 51 heavy (non-hydrogen) atoms. The first kappa shape index (κ1) is 38.2. The first-order valence-corrected chi connectivity index (χ1v) is 18.8. The number of carbonyl (C=O) groups is 3. The molecular weight excluding hydrogens is 696 g/mol. The number of halogens is 1. The molecule has 0 bridgehead atoms. The standard InChI is InChI=1S/C37H47ClN4O8S/c1-7-16-37(17-9-20-41(37)34(45)50-35(3,4)5)33(44)40-22-23-49-36(26-40)18-21-39(25-36)32(43)30-24-29(14-15-31(30)38)51(46,47)42(19-8-2)27-10-12-28(48-6)13-11-27/h7-8,10-15,24H,1-2,9,16-23,25-26H2,3-6H3. The van der Waals surface area contributed by atoms with E-state index in [-0.39, 0.29) is 54.1 Å². The van der Waals surface area contributed by atoms with Gasteiger partial charge in [0.15, 0.2) is 0 Å². The van der Waals surface area contributed by atoms with Gasteiger partial charge in [-0.25, -0.2) is 13.2 Å². The van der Waals surface area contributed by atoms with Gasteiger partial charge in [-0.05, 0) is 88.9 Å². The van der Waals surface area contributed by atoms with Gasteiger partial charge in [-0.3, -0.25) is 18.8 Å². The van der Waals surface area contributed by atoms with Crippen molar-refractivity contribution >= 4 is 45.2 Å². The molecule has 2 unspecified atom stereocenters. The highest BCUT2D eigenvalue weighted by atomic mass is 35.5. The van der Waals surface area contributed by atoms with Crippen molar-refractivity contribution in [1.82, 2.24) is 14.7 Å². The van der Waals surface area contributed by atoms with Gasteiger partial charge < -0.3 is 24.0 Å². The minimum atomic E-state index is -4.14. The fourth-order valence-corrected chi connectivity index (χ4v) is 8.79. The Kier molecular flexibility index (Phi) is 11.1. The van der Waals surface area contributed by atoms with E-state index in [0.717, 1.165) is 0 Å². The minimum Gasteiger partial charge on any atom is -0.497 e. The second-order valence-electron chi connectivity index (χ2n) is 14.2.